The molecule has 0 aromatic carbocycles. The Labute approximate surface area is 176 Å². The SMILES string of the molecule is CC(c1nc2c3c4c(sc3ncn2n1)CC(C(C)(C)C)CC4)n1cc(Br)cn1. The Balaban J connectivity index is 1.61. The van der Waals surface area contributed by atoms with Crippen molar-refractivity contribution in [2.75, 3.05) is 0 Å². The van der Waals surface area contributed by atoms with E-state index < -0.39 is 0 Å². The van der Waals surface area contributed by atoms with Crippen LogP contribution in [0.1, 0.15) is 56.4 Å². The van der Waals surface area contributed by atoms with Crippen molar-refractivity contribution in [3.05, 3.63) is 39.5 Å². The lowest BCUT2D eigenvalue weighted by atomic mass is 9.72. The maximum atomic E-state index is 4.92. The number of rotatable bonds is 2. The van der Waals surface area contributed by atoms with Gasteiger partial charge in [0, 0.05) is 11.1 Å². The Kier molecular flexibility index (Phi) is 4.14. The number of aryl methyl sites for hydroxylation is 1. The molecule has 0 bridgehead atoms. The molecule has 8 heteroatoms. The zero-order chi connectivity index (χ0) is 19.6. The lowest BCUT2D eigenvalue weighted by Gasteiger charge is -2.33. The summed E-state index contributed by atoms with van der Waals surface area (Å²) in [5.41, 5.74) is 2.70. The van der Waals surface area contributed by atoms with Gasteiger partial charge in [0.15, 0.2) is 11.5 Å². The standard InChI is InChI=1S/C20H23BrN6S/c1-11(26-9-13(21)8-23-26)17-24-18-16-14-6-5-12(20(2,3)4)7-15(14)28-19(16)22-10-27(18)25-17/h8-12H,5-7H2,1-4H3. The van der Waals surface area contributed by atoms with Gasteiger partial charge in [-0.05, 0) is 59.0 Å². The molecule has 0 fully saturated rings. The zero-order valence-electron chi connectivity index (χ0n) is 16.5. The Morgan fingerprint density at radius 2 is 2.14 bits per heavy atom. The normalized spacial score (nSPS) is 18.7. The van der Waals surface area contributed by atoms with Crippen molar-refractivity contribution in [2.45, 2.75) is 53.0 Å². The van der Waals surface area contributed by atoms with Crippen LogP contribution in [-0.2, 0) is 12.8 Å². The van der Waals surface area contributed by atoms with Crippen molar-refractivity contribution in [1.82, 2.24) is 29.4 Å². The van der Waals surface area contributed by atoms with E-state index >= 15 is 0 Å². The summed E-state index contributed by atoms with van der Waals surface area (Å²) in [7, 11) is 0. The van der Waals surface area contributed by atoms with E-state index in [4.69, 9.17) is 15.1 Å². The number of thiophene rings is 1. The second kappa shape index (κ2) is 6.35. The molecular weight excluding hydrogens is 436 g/mol. The molecule has 146 valence electrons. The third-order valence-corrected chi connectivity index (χ3v) is 7.54. The van der Waals surface area contributed by atoms with Gasteiger partial charge in [-0.15, -0.1) is 16.4 Å². The van der Waals surface area contributed by atoms with Crippen molar-refractivity contribution in [1.29, 1.82) is 0 Å². The van der Waals surface area contributed by atoms with Crippen LogP contribution in [0.15, 0.2) is 23.2 Å². The first-order valence-corrected chi connectivity index (χ1v) is 11.3. The van der Waals surface area contributed by atoms with Crippen LogP contribution in [0.4, 0.5) is 0 Å². The molecule has 28 heavy (non-hydrogen) atoms. The van der Waals surface area contributed by atoms with Crippen LogP contribution in [0.2, 0.25) is 0 Å². The summed E-state index contributed by atoms with van der Waals surface area (Å²) in [6.07, 6.45) is 8.99. The van der Waals surface area contributed by atoms with Gasteiger partial charge in [-0.1, -0.05) is 20.8 Å². The fourth-order valence-electron chi connectivity index (χ4n) is 4.15. The minimum atomic E-state index is -0.0408. The van der Waals surface area contributed by atoms with Crippen molar-refractivity contribution in [2.24, 2.45) is 11.3 Å². The number of hydrogen-bond donors (Lipinski definition) is 0. The van der Waals surface area contributed by atoms with Crippen molar-refractivity contribution >= 4 is 43.1 Å². The van der Waals surface area contributed by atoms with E-state index in [0.717, 1.165) is 39.5 Å². The van der Waals surface area contributed by atoms with E-state index in [0.29, 0.717) is 5.41 Å². The van der Waals surface area contributed by atoms with Gasteiger partial charge in [0.25, 0.3) is 0 Å². The predicted octanol–water partition coefficient (Wildman–Crippen LogP) is 5.06. The number of fused-ring (bicyclic) bond motifs is 5. The number of aromatic nitrogens is 6. The van der Waals surface area contributed by atoms with E-state index in [1.807, 2.05) is 26.7 Å². The molecule has 2 atom stereocenters. The van der Waals surface area contributed by atoms with Gasteiger partial charge < -0.3 is 0 Å². The van der Waals surface area contributed by atoms with Gasteiger partial charge in [-0.2, -0.15) is 5.10 Å². The Morgan fingerprint density at radius 3 is 2.86 bits per heavy atom. The van der Waals surface area contributed by atoms with E-state index in [2.05, 4.69) is 48.7 Å². The highest BCUT2D eigenvalue weighted by atomic mass is 79.9. The highest BCUT2D eigenvalue weighted by molar-refractivity contribution is 9.10. The van der Waals surface area contributed by atoms with E-state index in [9.17, 15) is 0 Å². The lowest BCUT2D eigenvalue weighted by molar-refractivity contribution is 0.218. The topological polar surface area (TPSA) is 60.9 Å². The van der Waals surface area contributed by atoms with Crippen molar-refractivity contribution in [3.63, 3.8) is 0 Å². The Bertz CT molecular complexity index is 1180. The Morgan fingerprint density at radius 1 is 1.32 bits per heavy atom. The third kappa shape index (κ3) is 2.88. The van der Waals surface area contributed by atoms with Gasteiger partial charge >= 0.3 is 0 Å². The van der Waals surface area contributed by atoms with Gasteiger partial charge in [-0.25, -0.2) is 14.5 Å². The van der Waals surface area contributed by atoms with Crippen LogP contribution in [-0.4, -0.2) is 29.4 Å². The average Bonchev–Trinajstić information content (AvgIpc) is 3.34. The summed E-state index contributed by atoms with van der Waals surface area (Å²) in [6.45, 7) is 9.13. The molecule has 4 heterocycles. The number of nitrogens with zero attached hydrogens (tertiary/aromatic N) is 6. The molecule has 1 aliphatic carbocycles. The second-order valence-corrected chi connectivity index (χ2v) is 10.8. The molecule has 4 aromatic heterocycles. The molecule has 6 nitrogen and oxygen atoms in total. The van der Waals surface area contributed by atoms with Gasteiger partial charge in [0.05, 0.1) is 16.1 Å². The Hall–Kier alpha value is -1.80. The quantitative estimate of drug-likeness (QED) is 0.421. The minimum Gasteiger partial charge on any atom is -0.261 e. The molecule has 0 amide bonds. The molecule has 0 aliphatic heterocycles. The first-order valence-electron chi connectivity index (χ1n) is 9.66. The van der Waals surface area contributed by atoms with Crippen LogP contribution >= 0.6 is 27.3 Å². The second-order valence-electron chi connectivity index (χ2n) is 8.79. The largest absolute Gasteiger partial charge is 0.261 e. The molecule has 1 aliphatic rings. The molecule has 2 unspecified atom stereocenters. The first kappa shape index (κ1) is 18.2. The van der Waals surface area contributed by atoms with E-state index in [1.165, 1.54) is 22.2 Å². The predicted molar refractivity (Wildman–Crippen MR) is 115 cm³/mol. The fraction of sp³-hybridized carbons (Fsp3) is 0.500. The molecular formula is C20H23BrN6S. The summed E-state index contributed by atoms with van der Waals surface area (Å²) in [6, 6.07) is -0.0408. The summed E-state index contributed by atoms with van der Waals surface area (Å²) in [4.78, 5) is 12.2. The highest BCUT2D eigenvalue weighted by Crippen LogP contribution is 2.43. The van der Waals surface area contributed by atoms with Gasteiger partial charge in [0.1, 0.15) is 17.2 Å². The highest BCUT2D eigenvalue weighted by Gasteiger charge is 2.32. The fourth-order valence-corrected chi connectivity index (χ4v) is 5.72. The summed E-state index contributed by atoms with van der Waals surface area (Å²) in [5.74, 6) is 1.48. The van der Waals surface area contributed by atoms with Crippen LogP contribution in [0, 0.1) is 11.3 Å². The molecule has 0 saturated heterocycles. The summed E-state index contributed by atoms with van der Waals surface area (Å²) >= 11 is 5.29. The third-order valence-electron chi connectivity index (χ3n) is 5.97. The molecule has 4 aromatic rings. The van der Waals surface area contributed by atoms with E-state index in [1.54, 1.807) is 12.5 Å². The smallest absolute Gasteiger partial charge is 0.176 e. The maximum absolute atomic E-state index is 4.92. The minimum absolute atomic E-state index is 0.0408. The zero-order valence-corrected chi connectivity index (χ0v) is 18.9. The average molecular weight is 459 g/mol. The maximum Gasteiger partial charge on any atom is 0.176 e. The van der Waals surface area contributed by atoms with Crippen LogP contribution < -0.4 is 0 Å². The monoisotopic (exact) mass is 458 g/mol. The molecule has 0 N–H and O–H groups in total. The van der Waals surface area contributed by atoms with Gasteiger partial charge in [-0.3, -0.25) is 4.68 Å². The van der Waals surface area contributed by atoms with Crippen LogP contribution in [0.25, 0.3) is 15.9 Å². The first-order chi connectivity index (χ1) is 13.3. The van der Waals surface area contributed by atoms with Gasteiger partial charge in [0.2, 0.25) is 0 Å². The number of halogens is 1. The molecule has 5 rings (SSSR count). The van der Waals surface area contributed by atoms with Crippen molar-refractivity contribution in [3.8, 4) is 0 Å². The number of hydrogen-bond acceptors (Lipinski definition) is 5. The molecule has 0 radical (unpaired) electrons. The lowest BCUT2D eigenvalue weighted by Crippen LogP contribution is -2.26. The molecule has 0 spiro atoms. The summed E-state index contributed by atoms with van der Waals surface area (Å²) in [5, 5.41) is 10.3. The van der Waals surface area contributed by atoms with Crippen LogP contribution in [0.3, 0.4) is 0 Å². The van der Waals surface area contributed by atoms with Crippen LogP contribution in [0.5, 0.6) is 0 Å². The summed E-state index contributed by atoms with van der Waals surface area (Å²) < 4.78 is 4.66. The van der Waals surface area contributed by atoms with E-state index in [-0.39, 0.29) is 6.04 Å². The van der Waals surface area contributed by atoms with Crippen molar-refractivity contribution < 1.29 is 0 Å². The molecule has 0 saturated carbocycles.